The largest absolute Gasteiger partial charge is 0.454 e. The normalized spacial score (nSPS) is 17.4. The van der Waals surface area contributed by atoms with Crippen LogP contribution in [0.2, 0.25) is 0 Å². The number of aryl methyl sites for hydroxylation is 1. The van der Waals surface area contributed by atoms with Gasteiger partial charge in [-0.2, -0.15) is 4.31 Å². The monoisotopic (exact) mass is 419 g/mol. The number of hydrogen-bond acceptors (Lipinski definition) is 7. The summed E-state index contributed by atoms with van der Waals surface area (Å²) in [5.41, 5.74) is 1.31. The fourth-order valence-corrected chi connectivity index (χ4v) is 4.96. The summed E-state index contributed by atoms with van der Waals surface area (Å²) in [5.74, 6) is 1.46. The smallest absolute Gasteiger partial charge is 0.273 e. The Morgan fingerprint density at radius 2 is 1.76 bits per heavy atom. The van der Waals surface area contributed by atoms with Crippen LogP contribution < -0.4 is 9.47 Å². The average Bonchev–Trinajstić information content (AvgIpc) is 3.16. The van der Waals surface area contributed by atoms with Crippen molar-refractivity contribution in [3.63, 3.8) is 0 Å². The van der Waals surface area contributed by atoms with E-state index in [1.165, 1.54) is 16.4 Å². The van der Waals surface area contributed by atoms with E-state index in [9.17, 15) is 18.5 Å². The number of hydrogen-bond donors (Lipinski definition) is 0. The Labute approximate surface area is 168 Å². The van der Waals surface area contributed by atoms with Crippen molar-refractivity contribution in [2.75, 3.05) is 33.0 Å². The summed E-state index contributed by atoms with van der Waals surface area (Å²) in [6.07, 6.45) is 0. The zero-order valence-electron chi connectivity index (χ0n) is 15.9. The number of benzene rings is 2. The lowest BCUT2D eigenvalue weighted by Gasteiger charge is -2.34. The first kappa shape index (κ1) is 19.6. The highest BCUT2D eigenvalue weighted by Crippen LogP contribution is 2.33. The van der Waals surface area contributed by atoms with Crippen molar-refractivity contribution in [2.24, 2.45) is 0 Å². The average molecular weight is 419 g/mol. The highest BCUT2D eigenvalue weighted by molar-refractivity contribution is 7.89. The summed E-state index contributed by atoms with van der Waals surface area (Å²) < 4.78 is 37.9. The van der Waals surface area contributed by atoms with Crippen molar-refractivity contribution in [3.05, 3.63) is 57.6 Å². The van der Waals surface area contributed by atoms with Crippen molar-refractivity contribution < 1.29 is 22.8 Å². The first-order valence-electron chi connectivity index (χ1n) is 9.21. The van der Waals surface area contributed by atoms with Crippen molar-refractivity contribution in [2.45, 2.75) is 18.4 Å². The van der Waals surface area contributed by atoms with Crippen LogP contribution in [-0.2, 0) is 16.6 Å². The minimum absolute atomic E-state index is 0.0426. The third-order valence-electron chi connectivity index (χ3n) is 5.19. The van der Waals surface area contributed by atoms with Gasteiger partial charge >= 0.3 is 0 Å². The van der Waals surface area contributed by atoms with Crippen molar-refractivity contribution in [1.82, 2.24) is 9.21 Å². The van der Waals surface area contributed by atoms with Gasteiger partial charge in [-0.1, -0.05) is 12.1 Å². The summed E-state index contributed by atoms with van der Waals surface area (Å²) in [6.45, 7) is 4.29. The summed E-state index contributed by atoms with van der Waals surface area (Å²) in [7, 11) is -3.77. The molecule has 2 aliphatic heterocycles. The van der Waals surface area contributed by atoms with E-state index in [1.807, 2.05) is 18.2 Å². The molecular formula is C19H21N3O6S. The maximum Gasteiger partial charge on any atom is 0.273 e. The Morgan fingerprint density at radius 1 is 1.03 bits per heavy atom. The van der Waals surface area contributed by atoms with Crippen molar-refractivity contribution >= 4 is 15.7 Å². The lowest BCUT2D eigenvalue weighted by atomic mass is 10.2. The molecule has 0 aromatic heterocycles. The lowest BCUT2D eigenvalue weighted by molar-refractivity contribution is -0.385. The molecule has 1 saturated heterocycles. The molecule has 9 nitrogen and oxygen atoms in total. The van der Waals surface area contributed by atoms with Crippen LogP contribution in [0.15, 0.2) is 41.3 Å². The van der Waals surface area contributed by atoms with E-state index in [-0.39, 0.29) is 17.4 Å². The Kier molecular flexibility index (Phi) is 5.15. The van der Waals surface area contributed by atoms with Crippen LogP contribution in [0, 0.1) is 17.0 Å². The van der Waals surface area contributed by atoms with Gasteiger partial charge in [-0.25, -0.2) is 8.42 Å². The fourth-order valence-electron chi connectivity index (χ4n) is 3.52. The molecule has 10 heteroatoms. The number of piperazine rings is 1. The number of nitro benzene ring substituents is 1. The molecule has 0 aliphatic carbocycles. The first-order chi connectivity index (χ1) is 13.8. The number of nitrogens with zero attached hydrogens (tertiary/aromatic N) is 3. The number of rotatable bonds is 5. The lowest BCUT2D eigenvalue weighted by Crippen LogP contribution is -2.48. The van der Waals surface area contributed by atoms with Crippen LogP contribution in [0.25, 0.3) is 0 Å². The van der Waals surface area contributed by atoms with Gasteiger partial charge in [0.25, 0.3) is 5.69 Å². The van der Waals surface area contributed by atoms with Gasteiger partial charge in [-0.15, -0.1) is 0 Å². The Bertz CT molecular complexity index is 1050. The second-order valence-corrected chi connectivity index (χ2v) is 9.01. The summed E-state index contributed by atoms with van der Waals surface area (Å²) in [6, 6.07) is 9.84. The molecule has 2 heterocycles. The zero-order valence-corrected chi connectivity index (χ0v) is 16.7. The van der Waals surface area contributed by atoms with Gasteiger partial charge in [0, 0.05) is 44.4 Å². The maximum atomic E-state index is 12.9. The molecule has 2 aliphatic rings. The van der Waals surface area contributed by atoms with Gasteiger partial charge < -0.3 is 9.47 Å². The molecule has 0 atom stereocenters. The number of sulfonamides is 1. The van der Waals surface area contributed by atoms with Crippen LogP contribution in [0.5, 0.6) is 11.5 Å². The van der Waals surface area contributed by atoms with E-state index < -0.39 is 14.9 Å². The fraction of sp³-hybridized carbons (Fsp3) is 0.368. The van der Waals surface area contributed by atoms with E-state index >= 15 is 0 Å². The number of ether oxygens (including phenoxy) is 2. The summed E-state index contributed by atoms with van der Waals surface area (Å²) in [4.78, 5) is 12.7. The van der Waals surface area contributed by atoms with Gasteiger partial charge in [-0.05, 0) is 30.7 Å². The van der Waals surface area contributed by atoms with E-state index in [0.717, 1.165) is 23.1 Å². The molecular weight excluding hydrogens is 398 g/mol. The number of nitro groups is 1. The zero-order chi connectivity index (χ0) is 20.6. The van der Waals surface area contributed by atoms with Crippen LogP contribution in [0.3, 0.4) is 0 Å². The molecule has 154 valence electrons. The highest BCUT2D eigenvalue weighted by atomic mass is 32.2. The maximum absolute atomic E-state index is 12.9. The molecule has 0 saturated carbocycles. The standard InChI is InChI=1S/C19H21N3O6S/c1-14-2-4-16(11-17(14)22(23)24)29(25,26)21-8-6-20(7-9-21)12-15-3-5-18-19(10-15)28-13-27-18/h2-5,10-11H,6-9,12-13H2,1H3. The van der Waals surface area contributed by atoms with Crippen LogP contribution in [0.1, 0.15) is 11.1 Å². The van der Waals surface area contributed by atoms with Crippen LogP contribution >= 0.6 is 0 Å². The van der Waals surface area contributed by atoms with Gasteiger partial charge in [0.1, 0.15) is 0 Å². The Balaban J connectivity index is 1.42. The topological polar surface area (TPSA) is 102 Å². The van der Waals surface area contributed by atoms with E-state index in [2.05, 4.69) is 4.90 Å². The molecule has 0 amide bonds. The second-order valence-electron chi connectivity index (χ2n) is 7.07. The van der Waals surface area contributed by atoms with E-state index in [1.54, 1.807) is 6.92 Å². The number of fused-ring (bicyclic) bond motifs is 1. The minimum atomic E-state index is -3.77. The molecule has 2 aromatic carbocycles. The molecule has 0 bridgehead atoms. The highest BCUT2D eigenvalue weighted by Gasteiger charge is 2.30. The second kappa shape index (κ2) is 7.62. The predicted molar refractivity (Wildman–Crippen MR) is 104 cm³/mol. The molecule has 1 fully saturated rings. The van der Waals surface area contributed by atoms with Crippen molar-refractivity contribution in [1.29, 1.82) is 0 Å². The molecule has 0 spiro atoms. The SMILES string of the molecule is Cc1ccc(S(=O)(=O)N2CCN(Cc3ccc4c(c3)OCO4)CC2)cc1[N+](=O)[O-]. The third kappa shape index (κ3) is 3.91. The van der Waals surface area contributed by atoms with E-state index in [4.69, 9.17) is 9.47 Å². The van der Waals surface area contributed by atoms with Gasteiger partial charge in [-0.3, -0.25) is 15.0 Å². The van der Waals surface area contributed by atoms with E-state index in [0.29, 0.717) is 38.3 Å². The molecule has 29 heavy (non-hydrogen) atoms. The first-order valence-corrected chi connectivity index (χ1v) is 10.6. The molecule has 4 rings (SSSR count). The molecule has 0 N–H and O–H groups in total. The van der Waals surface area contributed by atoms with Gasteiger partial charge in [0.05, 0.1) is 9.82 Å². The quantitative estimate of drug-likeness (QED) is 0.540. The van der Waals surface area contributed by atoms with Crippen LogP contribution in [0.4, 0.5) is 5.69 Å². The molecule has 0 radical (unpaired) electrons. The van der Waals surface area contributed by atoms with Gasteiger partial charge in [0.15, 0.2) is 11.5 Å². The minimum Gasteiger partial charge on any atom is -0.454 e. The summed E-state index contributed by atoms with van der Waals surface area (Å²) in [5, 5.41) is 11.1. The Hall–Kier alpha value is -2.69. The van der Waals surface area contributed by atoms with Crippen molar-refractivity contribution in [3.8, 4) is 11.5 Å². The van der Waals surface area contributed by atoms with Crippen LogP contribution in [-0.4, -0.2) is 55.5 Å². The molecule has 0 unspecified atom stereocenters. The molecule has 2 aromatic rings. The predicted octanol–water partition coefficient (Wildman–Crippen LogP) is 2.14. The third-order valence-corrected chi connectivity index (χ3v) is 7.08. The van der Waals surface area contributed by atoms with Gasteiger partial charge in [0.2, 0.25) is 16.8 Å². The summed E-state index contributed by atoms with van der Waals surface area (Å²) >= 11 is 0. The Morgan fingerprint density at radius 3 is 2.48 bits per heavy atom.